The van der Waals surface area contributed by atoms with Gasteiger partial charge in [-0.25, -0.2) is 8.78 Å². The molecule has 210 valence electrons. The summed E-state index contributed by atoms with van der Waals surface area (Å²) in [4.78, 5) is 39.5. The number of nitro benzene ring substituents is 1. The van der Waals surface area contributed by atoms with Gasteiger partial charge in [-0.05, 0) is 62.4 Å². The van der Waals surface area contributed by atoms with Gasteiger partial charge in [-0.3, -0.25) is 24.6 Å². The number of non-ortho nitro benzene ring substituents is 1. The second-order valence-corrected chi connectivity index (χ2v) is 11.5. The van der Waals surface area contributed by atoms with Crippen molar-refractivity contribution in [1.29, 1.82) is 0 Å². The summed E-state index contributed by atoms with van der Waals surface area (Å²) < 4.78 is 27.7. The second kappa shape index (κ2) is 9.95. The van der Waals surface area contributed by atoms with E-state index in [2.05, 4.69) is 5.32 Å². The monoisotopic (exact) mass is 545 g/mol. The van der Waals surface area contributed by atoms with Gasteiger partial charge in [-0.15, -0.1) is 0 Å². The fraction of sp³-hybridized carbons (Fsp3) is 0.500. The van der Waals surface area contributed by atoms with Crippen LogP contribution in [-0.4, -0.2) is 57.1 Å². The maximum absolute atomic E-state index is 13.8. The molecule has 0 aromatic heterocycles. The number of aliphatic carboxylic acids is 2. The zero-order chi connectivity index (χ0) is 28.9. The van der Waals surface area contributed by atoms with Gasteiger partial charge in [0.05, 0.1) is 15.8 Å². The van der Waals surface area contributed by atoms with Gasteiger partial charge in [0.2, 0.25) is 0 Å². The number of carbonyl (C=O) groups is 2. The molecule has 39 heavy (non-hydrogen) atoms. The average Bonchev–Trinajstić information content (AvgIpc) is 3.21. The maximum atomic E-state index is 13.8. The molecule has 4 rings (SSSR count). The standard InChI is InChI=1S/C28H33F2N3O6/c1-16-27(4,24(34)35)23(19-6-5-7-22(12-19)33(38)39)28(25(36)37,17(2)31-16)26(3)8-9-32(15-26)14-18-10-20(29)13-21(30)11-18/h5-7,10-13,16-17,23,31H,8-9,14-15H2,1-4H3,(H,34,35)(H,36,37)/t16?,17?,23-,26?,27?,28?/m0/s1. The molecule has 11 heteroatoms. The molecule has 0 bridgehead atoms. The molecule has 3 N–H and O–H groups in total. The van der Waals surface area contributed by atoms with Gasteiger partial charge in [-0.1, -0.05) is 19.1 Å². The van der Waals surface area contributed by atoms with Crippen molar-refractivity contribution < 1.29 is 33.5 Å². The Hall–Kier alpha value is -3.44. The molecule has 9 nitrogen and oxygen atoms in total. The normalized spacial score (nSPS) is 33.1. The maximum Gasteiger partial charge on any atom is 0.312 e. The molecule has 2 saturated heterocycles. The van der Waals surface area contributed by atoms with E-state index in [1.165, 1.54) is 37.3 Å². The van der Waals surface area contributed by atoms with Crippen LogP contribution < -0.4 is 5.32 Å². The number of halogens is 2. The van der Waals surface area contributed by atoms with Crippen molar-refractivity contribution in [3.05, 3.63) is 75.3 Å². The lowest BCUT2D eigenvalue weighted by molar-refractivity contribution is -0.385. The average molecular weight is 546 g/mol. The molecule has 6 atom stereocenters. The highest BCUT2D eigenvalue weighted by Crippen LogP contribution is 2.64. The van der Waals surface area contributed by atoms with Crippen LogP contribution in [0.25, 0.3) is 0 Å². The third-order valence-electron chi connectivity index (χ3n) is 9.25. The highest BCUT2D eigenvalue weighted by atomic mass is 19.1. The Morgan fingerprint density at radius 3 is 2.28 bits per heavy atom. The number of carboxylic acids is 2. The van der Waals surface area contributed by atoms with Gasteiger partial charge in [0.25, 0.3) is 5.69 Å². The number of nitrogens with one attached hydrogen (secondary N) is 1. The van der Waals surface area contributed by atoms with Gasteiger partial charge in [0, 0.05) is 49.3 Å². The molecule has 2 aromatic rings. The highest BCUT2D eigenvalue weighted by Gasteiger charge is 2.71. The van der Waals surface area contributed by atoms with Crippen LogP contribution in [0.3, 0.4) is 0 Å². The molecule has 0 aliphatic carbocycles. The molecule has 0 amide bonds. The third-order valence-corrected chi connectivity index (χ3v) is 9.25. The first-order valence-electron chi connectivity index (χ1n) is 12.8. The SMILES string of the molecule is CC1NC(C)C(C(=O)O)(C2(C)CCN(Cc3cc(F)cc(F)c3)C2)[C@@H](c2cccc([N+](=O)[O-])c2)C1(C)C(=O)O. The van der Waals surface area contributed by atoms with Crippen molar-refractivity contribution in [3.63, 3.8) is 0 Å². The number of piperidine rings is 1. The Balaban J connectivity index is 1.89. The Morgan fingerprint density at radius 1 is 1.08 bits per heavy atom. The van der Waals surface area contributed by atoms with Crippen molar-refractivity contribution in [2.75, 3.05) is 13.1 Å². The number of carboxylic acid groups (broad SMARTS) is 2. The molecule has 2 fully saturated rings. The molecule has 2 aliphatic rings. The predicted octanol–water partition coefficient (Wildman–Crippen LogP) is 4.41. The number of benzene rings is 2. The highest BCUT2D eigenvalue weighted by molar-refractivity contribution is 5.85. The lowest BCUT2D eigenvalue weighted by atomic mass is 9.44. The molecule has 5 unspecified atom stereocenters. The van der Waals surface area contributed by atoms with Crippen LogP contribution in [0.4, 0.5) is 14.5 Å². The van der Waals surface area contributed by atoms with Crippen LogP contribution in [0.5, 0.6) is 0 Å². The van der Waals surface area contributed by atoms with Crippen LogP contribution in [0.15, 0.2) is 42.5 Å². The largest absolute Gasteiger partial charge is 0.481 e. The van der Waals surface area contributed by atoms with Crippen molar-refractivity contribution in [2.24, 2.45) is 16.2 Å². The number of hydrogen-bond donors (Lipinski definition) is 3. The summed E-state index contributed by atoms with van der Waals surface area (Å²) in [6, 6.07) is 7.42. The molecule has 0 spiro atoms. The van der Waals surface area contributed by atoms with Gasteiger partial charge < -0.3 is 15.5 Å². The predicted molar refractivity (Wildman–Crippen MR) is 138 cm³/mol. The first-order chi connectivity index (χ1) is 18.2. The fourth-order valence-corrected chi connectivity index (χ4v) is 7.32. The van der Waals surface area contributed by atoms with E-state index in [-0.39, 0.29) is 24.3 Å². The lowest BCUT2D eigenvalue weighted by Gasteiger charge is -2.61. The number of hydrogen-bond acceptors (Lipinski definition) is 6. The van der Waals surface area contributed by atoms with E-state index in [0.29, 0.717) is 18.5 Å². The summed E-state index contributed by atoms with van der Waals surface area (Å²) in [6.07, 6.45) is 0.360. The van der Waals surface area contributed by atoms with E-state index < -0.39 is 62.7 Å². The Morgan fingerprint density at radius 2 is 1.72 bits per heavy atom. The quantitative estimate of drug-likeness (QED) is 0.344. The molecular formula is C28H33F2N3O6. The van der Waals surface area contributed by atoms with Crippen LogP contribution in [-0.2, 0) is 16.1 Å². The Labute approximate surface area is 225 Å². The van der Waals surface area contributed by atoms with Gasteiger partial charge in [-0.2, -0.15) is 0 Å². The van der Waals surface area contributed by atoms with E-state index in [9.17, 15) is 38.7 Å². The van der Waals surface area contributed by atoms with Crippen LogP contribution in [0.1, 0.15) is 51.2 Å². The topological polar surface area (TPSA) is 133 Å². The first-order valence-corrected chi connectivity index (χ1v) is 12.8. The minimum absolute atomic E-state index is 0.176. The summed E-state index contributed by atoms with van der Waals surface area (Å²) in [5, 5.41) is 36.5. The summed E-state index contributed by atoms with van der Waals surface area (Å²) in [6.45, 7) is 7.49. The van der Waals surface area contributed by atoms with Crippen LogP contribution in [0, 0.1) is 38.0 Å². The van der Waals surface area contributed by atoms with Gasteiger partial charge in [0.15, 0.2) is 0 Å². The van der Waals surface area contributed by atoms with Crippen molar-refractivity contribution >= 4 is 17.6 Å². The van der Waals surface area contributed by atoms with Crippen molar-refractivity contribution in [1.82, 2.24) is 10.2 Å². The molecule has 2 aromatic carbocycles. The Bertz CT molecular complexity index is 1300. The van der Waals surface area contributed by atoms with Gasteiger partial charge in [0.1, 0.15) is 11.6 Å². The fourth-order valence-electron chi connectivity index (χ4n) is 7.32. The van der Waals surface area contributed by atoms with E-state index >= 15 is 0 Å². The molecule has 0 saturated carbocycles. The summed E-state index contributed by atoms with van der Waals surface area (Å²) in [5.41, 5.74) is -3.99. The van der Waals surface area contributed by atoms with E-state index in [4.69, 9.17) is 0 Å². The number of likely N-dealkylation sites (tertiary alicyclic amines) is 1. The van der Waals surface area contributed by atoms with Crippen LogP contribution >= 0.6 is 0 Å². The molecule has 0 radical (unpaired) electrons. The minimum atomic E-state index is -1.72. The minimum Gasteiger partial charge on any atom is -0.481 e. The van der Waals surface area contributed by atoms with E-state index in [1.807, 2.05) is 4.90 Å². The first kappa shape index (κ1) is 28.6. The second-order valence-electron chi connectivity index (χ2n) is 11.5. The zero-order valence-corrected chi connectivity index (χ0v) is 22.3. The number of rotatable bonds is 7. The zero-order valence-electron chi connectivity index (χ0n) is 22.3. The molecule has 2 aliphatic heterocycles. The van der Waals surface area contributed by atoms with E-state index in [1.54, 1.807) is 26.8 Å². The lowest BCUT2D eigenvalue weighted by Crippen LogP contribution is -2.73. The van der Waals surface area contributed by atoms with Crippen LogP contribution in [0.2, 0.25) is 0 Å². The Kier molecular flexibility index (Phi) is 7.28. The summed E-state index contributed by atoms with van der Waals surface area (Å²) >= 11 is 0. The van der Waals surface area contributed by atoms with E-state index in [0.717, 1.165) is 6.07 Å². The van der Waals surface area contributed by atoms with Crippen molar-refractivity contribution in [3.8, 4) is 0 Å². The summed E-state index contributed by atoms with van der Waals surface area (Å²) in [7, 11) is 0. The third kappa shape index (κ3) is 4.47. The number of nitro groups is 1. The molecule has 2 heterocycles. The molecular weight excluding hydrogens is 512 g/mol. The summed E-state index contributed by atoms with van der Waals surface area (Å²) in [5.74, 6) is -5.00. The van der Waals surface area contributed by atoms with Gasteiger partial charge >= 0.3 is 11.9 Å². The smallest absolute Gasteiger partial charge is 0.312 e. The number of nitrogens with zero attached hydrogens (tertiary/aromatic N) is 2. The van der Waals surface area contributed by atoms with Crippen molar-refractivity contribution in [2.45, 2.75) is 58.7 Å².